The van der Waals surface area contributed by atoms with Crippen molar-refractivity contribution in [2.45, 2.75) is 37.9 Å². The first kappa shape index (κ1) is 25.0. The second-order valence-electron chi connectivity index (χ2n) is 8.26. The summed E-state index contributed by atoms with van der Waals surface area (Å²) in [6.45, 7) is 1.96. The van der Waals surface area contributed by atoms with Crippen molar-refractivity contribution < 1.29 is 44.6 Å². The standard InChI is InChI=1S/C25H18F8O2/c1-12-2-3-13(11-34-12)17-6-7-18(23(30)22(17)29)25(32,33)35-15-4-5-16(19(26)10-15)14-8-20(27)24(31)21(28)9-14/h4-10,12-13H,2-3,11H2,1H3. The molecule has 4 rings (SSSR count). The predicted octanol–water partition coefficient (Wildman–Crippen LogP) is 7.60. The molecule has 1 aliphatic rings. The van der Waals surface area contributed by atoms with Gasteiger partial charge in [-0.15, -0.1) is 0 Å². The molecule has 2 unspecified atom stereocenters. The maximum atomic E-state index is 14.7. The van der Waals surface area contributed by atoms with E-state index in [0.717, 1.165) is 18.2 Å². The Morgan fingerprint density at radius 2 is 1.49 bits per heavy atom. The van der Waals surface area contributed by atoms with E-state index in [1.165, 1.54) is 0 Å². The molecule has 0 N–H and O–H groups in total. The van der Waals surface area contributed by atoms with E-state index in [0.29, 0.717) is 37.1 Å². The van der Waals surface area contributed by atoms with Gasteiger partial charge in [0.15, 0.2) is 29.1 Å². The van der Waals surface area contributed by atoms with Gasteiger partial charge in [0.2, 0.25) is 0 Å². The van der Waals surface area contributed by atoms with Crippen molar-refractivity contribution in [3.05, 3.63) is 88.5 Å². The number of rotatable bonds is 5. The summed E-state index contributed by atoms with van der Waals surface area (Å²) in [4.78, 5) is 0. The quantitative estimate of drug-likeness (QED) is 0.264. The fraction of sp³-hybridized carbons (Fsp3) is 0.280. The molecule has 2 atom stereocenters. The monoisotopic (exact) mass is 502 g/mol. The highest BCUT2D eigenvalue weighted by molar-refractivity contribution is 5.65. The van der Waals surface area contributed by atoms with Crippen molar-refractivity contribution >= 4 is 0 Å². The lowest BCUT2D eigenvalue weighted by Gasteiger charge is -2.28. The van der Waals surface area contributed by atoms with Crippen LogP contribution in [0.3, 0.4) is 0 Å². The highest BCUT2D eigenvalue weighted by Gasteiger charge is 2.40. The van der Waals surface area contributed by atoms with Crippen LogP contribution in [0.5, 0.6) is 5.75 Å². The molecule has 3 aromatic carbocycles. The third-order valence-electron chi connectivity index (χ3n) is 5.85. The van der Waals surface area contributed by atoms with E-state index in [9.17, 15) is 35.1 Å². The van der Waals surface area contributed by atoms with Gasteiger partial charge in [-0.05, 0) is 61.2 Å². The van der Waals surface area contributed by atoms with Gasteiger partial charge < -0.3 is 9.47 Å². The van der Waals surface area contributed by atoms with Gasteiger partial charge in [-0.25, -0.2) is 26.3 Å². The van der Waals surface area contributed by atoms with Crippen LogP contribution in [0.25, 0.3) is 11.1 Å². The van der Waals surface area contributed by atoms with Crippen molar-refractivity contribution in [1.82, 2.24) is 0 Å². The van der Waals surface area contributed by atoms with E-state index in [1.807, 2.05) is 6.92 Å². The average Bonchev–Trinajstić information content (AvgIpc) is 2.79. The molecule has 3 aromatic rings. The number of hydrogen-bond acceptors (Lipinski definition) is 2. The summed E-state index contributed by atoms with van der Waals surface area (Å²) in [5.41, 5.74) is -2.30. The van der Waals surface area contributed by atoms with Crippen LogP contribution < -0.4 is 4.74 Å². The van der Waals surface area contributed by atoms with Gasteiger partial charge in [0.25, 0.3) is 0 Å². The molecule has 2 nitrogen and oxygen atoms in total. The summed E-state index contributed by atoms with van der Waals surface area (Å²) in [7, 11) is 0. The molecule has 0 aromatic heterocycles. The first-order chi connectivity index (χ1) is 16.5. The van der Waals surface area contributed by atoms with Crippen molar-refractivity contribution in [2.24, 2.45) is 0 Å². The Bertz CT molecular complexity index is 1230. The highest BCUT2D eigenvalue weighted by atomic mass is 19.3. The van der Waals surface area contributed by atoms with Crippen LogP contribution in [-0.2, 0) is 10.8 Å². The van der Waals surface area contributed by atoms with E-state index >= 15 is 0 Å². The van der Waals surface area contributed by atoms with Crippen molar-refractivity contribution in [1.29, 1.82) is 0 Å². The molecule has 10 heteroatoms. The molecule has 0 aliphatic carbocycles. The summed E-state index contributed by atoms with van der Waals surface area (Å²) in [6, 6.07) is 4.99. The summed E-state index contributed by atoms with van der Waals surface area (Å²) in [5, 5.41) is 0. The average molecular weight is 502 g/mol. The molecule has 1 heterocycles. The third-order valence-corrected chi connectivity index (χ3v) is 5.85. The lowest BCUT2D eigenvalue weighted by Crippen LogP contribution is -2.26. The van der Waals surface area contributed by atoms with Gasteiger partial charge in [-0.2, -0.15) is 8.78 Å². The molecule has 0 bridgehead atoms. The smallest absolute Gasteiger partial charge is 0.429 e. The van der Waals surface area contributed by atoms with E-state index in [4.69, 9.17) is 4.74 Å². The van der Waals surface area contributed by atoms with Gasteiger partial charge in [0.1, 0.15) is 17.1 Å². The van der Waals surface area contributed by atoms with E-state index < -0.39 is 63.8 Å². The van der Waals surface area contributed by atoms with Crippen LogP contribution in [0.4, 0.5) is 35.1 Å². The highest BCUT2D eigenvalue weighted by Crippen LogP contribution is 2.38. The van der Waals surface area contributed by atoms with Gasteiger partial charge in [0.05, 0.1) is 12.7 Å². The fourth-order valence-corrected chi connectivity index (χ4v) is 3.94. The van der Waals surface area contributed by atoms with Crippen molar-refractivity contribution in [2.75, 3.05) is 6.61 Å². The van der Waals surface area contributed by atoms with Gasteiger partial charge in [-0.1, -0.05) is 6.07 Å². The second-order valence-corrected chi connectivity index (χ2v) is 8.26. The molecule has 0 radical (unpaired) electrons. The number of alkyl halides is 2. The molecular weight excluding hydrogens is 484 g/mol. The number of halogens is 8. The largest absolute Gasteiger partial charge is 0.429 e. The predicted molar refractivity (Wildman–Crippen MR) is 110 cm³/mol. The minimum atomic E-state index is -4.39. The fourth-order valence-electron chi connectivity index (χ4n) is 3.94. The summed E-state index contributed by atoms with van der Waals surface area (Å²) in [5.74, 6) is -10.6. The Labute approximate surface area is 195 Å². The first-order valence-electron chi connectivity index (χ1n) is 10.6. The molecule has 0 spiro atoms. The van der Waals surface area contributed by atoms with Crippen LogP contribution in [0.2, 0.25) is 0 Å². The van der Waals surface area contributed by atoms with Crippen molar-refractivity contribution in [3.63, 3.8) is 0 Å². The zero-order chi connectivity index (χ0) is 25.5. The Morgan fingerprint density at radius 3 is 2.09 bits per heavy atom. The van der Waals surface area contributed by atoms with Crippen LogP contribution in [-0.4, -0.2) is 12.7 Å². The third kappa shape index (κ3) is 4.98. The van der Waals surface area contributed by atoms with E-state index in [1.54, 1.807) is 0 Å². The Balaban J connectivity index is 1.58. The van der Waals surface area contributed by atoms with Crippen LogP contribution in [0.1, 0.15) is 36.8 Å². The second kappa shape index (κ2) is 9.49. The zero-order valence-corrected chi connectivity index (χ0v) is 18.2. The van der Waals surface area contributed by atoms with Crippen molar-refractivity contribution in [3.8, 4) is 16.9 Å². The van der Waals surface area contributed by atoms with Crippen LogP contribution >= 0.6 is 0 Å². The maximum absolute atomic E-state index is 14.7. The van der Waals surface area contributed by atoms with Crippen LogP contribution in [0.15, 0.2) is 42.5 Å². The zero-order valence-electron chi connectivity index (χ0n) is 18.2. The summed E-state index contributed by atoms with van der Waals surface area (Å²) < 4.78 is 123. The molecule has 186 valence electrons. The normalized spacial score (nSPS) is 18.5. The van der Waals surface area contributed by atoms with Gasteiger partial charge in [-0.3, -0.25) is 0 Å². The number of hydrogen-bond donors (Lipinski definition) is 0. The Hall–Kier alpha value is -3.14. The molecule has 0 saturated carbocycles. The Morgan fingerprint density at radius 1 is 0.800 bits per heavy atom. The molecule has 1 fully saturated rings. The summed E-state index contributed by atoms with van der Waals surface area (Å²) in [6.07, 6.45) is -3.32. The van der Waals surface area contributed by atoms with E-state index in [2.05, 4.69) is 4.74 Å². The Kier molecular flexibility index (Phi) is 6.77. The topological polar surface area (TPSA) is 18.5 Å². The number of benzene rings is 3. The molecule has 35 heavy (non-hydrogen) atoms. The summed E-state index contributed by atoms with van der Waals surface area (Å²) >= 11 is 0. The minimum absolute atomic E-state index is 0.0379. The van der Waals surface area contributed by atoms with E-state index in [-0.39, 0.29) is 23.8 Å². The molecule has 1 saturated heterocycles. The van der Waals surface area contributed by atoms with Gasteiger partial charge >= 0.3 is 6.11 Å². The molecular formula is C25H18F8O2. The first-order valence-corrected chi connectivity index (χ1v) is 10.6. The lowest BCUT2D eigenvalue weighted by atomic mass is 9.90. The van der Waals surface area contributed by atoms with Crippen LogP contribution in [0, 0.1) is 34.9 Å². The lowest BCUT2D eigenvalue weighted by molar-refractivity contribution is -0.187. The molecule has 1 aliphatic heterocycles. The van der Waals surface area contributed by atoms with Gasteiger partial charge in [0, 0.05) is 17.5 Å². The SMILES string of the molecule is CC1CCC(c2ccc(C(F)(F)Oc3ccc(-c4cc(F)c(F)c(F)c4)c(F)c3)c(F)c2F)CO1. The molecule has 0 amide bonds. The number of ether oxygens (including phenoxy) is 2. The maximum Gasteiger partial charge on any atom is 0.429 e. The minimum Gasteiger partial charge on any atom is -0.429 e.